The molecule has 2 nitrogen and oxygen atoms in total. The van der Waals surface area contributed by atoms with Crippen molar-refractivity contribution in [2.75, 3.05) is 6.61 Å². The van der Waals surface area contributed by atoms with Crippen LogP contribution in [0.4, 0.5) is 4.39 Å². The van der Waals surface area contributed by atoms with Crippen molar-refractivity contribution in [2.24, 2.45) is 5.41 Å². The Hall–Kier alpha value is -1.23. The van der Waals surface area contributed by atoms with Gasteiger partial charge in [0.25, 0.3) is 0 Å². The Morgan fingerprint density at radius 1 is 1.17 bits per heavy atom. The highest BCUT2D eigenvalue weighted by Crippen LogP contribution is 2.64. The summed E-state index contributed by atoms with van der Waals surface area (Å²) in [4.78, 5) is 0.748. The number of hydrogen-bond donors (Lipinski definition) is 0. The summed E-state index contributed by atoms with van der Waals surface area (Å²) in [6.45, 7) is 4.80. The topological polar surface area (TPSA) is 26.3 Å². The molecule has 0 N–H and O–H groups in total. The smallest absolute Gasteiger partial charge is 0.132 e. The Kier molecular flexibility index (Phi) is 4.82. The zero-order valence-electron chi connectivity index (χ0n) is 13.7. The first kappa shape index (κ1) is 17.6. The molecule has 24 heavy (non-hydrogen) atoms. The molecule has 5 heteroatoms. The zero-order chi connectivity index (χ0) is 17.4. The molecule has 0 heterocycles. The van der Waals surface area contributed by atoms with E-state index in [0.29, 0.717) is 19.6 Å². The summed E-state index contributed by atoms with van der Waals surface area (Å²) < 4.78 is 30.7. The van der Waals surface area contributed by atoms with E-state index in [1.54, 1.807) is 12.1 Å². The lowest BCUT2D eigenvalue weighted by Gasteiger charge is -2.17. The van der Waals surface area contributed by atoms with Crippen molar-refractivity contribution in [2.45, 2.75) is 36.0 Å². The van der Waals surface area contributed by atoms with Crippen LogP contribution in [-0.4, -0.2) is 15.0 Å². The molecule has 0 saturated heterocycles. The molecule has 0 spiro atoms. The van der Waals surface area contributed by atoms with Gasteiger partial charge in [-0.2, -0.15) is 0 Å². The van der Waals surface area contributed by atoms with Crippen molar-refractivity contribution in [1.29, 1.82) is 0 Å². The molecule has 0 radical (unpaired) electrons. The Labute approximate surface area is 149 Å². The van der Waals surface area contributed by atoms with E-state index in [4.69, 9.17) is 16.3 Å². The van der Waals surface area contributed by atoms with Crippen LogP contribution >= 0.6 is 11.6 Å². The van der Waals surface area contributed by atoms with E-state index in [2.05, 4.69) is 0 Å². The van der Waals surface area contributed by atoms with Gasteiger partial charge >= 0.3 is 0 Å². The number of ether oxygens (including phenoxy) is 1. The third-order valence-corrected chi connectivity index (χ3v) is 7.46. The van der Waals surface area contributed by atoms with Crippen LogP contribution in [0.1, 0.15) is 24.5 Å². The van der Waals surface area contributed by atoms with Crippen LogP contribution in [0.2, 0.25) is 0 Å². The molecule has 1 unspecified atom stereocenters. The van der Waals surface area contributed by atoms with E-state index in [9.17, 15) is 8.60 Å². The summed E-state index contributed by atoms with van der Waals surface area (Å²) in [5, 5.41) is 0. The first-order chi connectivity index (χ1) is 11.3. The molecule has 1 aliphatic rings. The van der Waals surface area contributed by atoms with E-state index in [0.717, 1.165) is 16.0 Å². The normalized spacial score (nSPS) is 27.0. The molecule has 3 rings (SSSR count). The molecule has 1 saturated carbocycles. The Morgan fingerprint density at radius 2 is 1.79 bits per heavy atom. The van der Waals surface area contributed by atoms with Crippen LogP contribution < -0.4 is 0 Å². The van der Waals surface area contributed by atoms with Crippen LogP contribution in [0.15, 0.2) is 53.4 Å². The molecule has 2 aromatic carbocycles. The van der Waals surface area contributed by atoms with Gasteiger partial charge in [-0.1, -0.05) is 36.8 Å². The fraction of sp³-hybridized carbons (Fsp3) is 0.368. The summed E-state index contributed by atoms with van der Waals surface area (Å²) in [6.07, 6.45) is 0.644. The third kappa shape index (κ3) is 3.41. The van der Waals surface area contributed by atoms with Gasteiger partial charge in [0.2, 0.25) is 0 Å². The molecule has 3 atom stereocenters. The lowest BCUT2D eigenvalue weighted by Crippen LogP contribution is -2.22. The van der Waals surface area contributed by atoms with Gasteiger partial charge < -0.3 is 4.74 Å². The highest BCUT2D eigenvalue weighted by atomic mass is 35.5. The second-order valence-electron chi connectivity index (χ2n) is 6.67. The van der Waals surface area contributed by atoms with Crippen LogP contribution in [-0.2, 0) is 22.1 Å². The fourth-order valence-electron chi connectivity index (χ4n) is 2.73. The Balaban J connectivity index is 1.59. The Bertz CT molecular complexity index is 747. The third-order valence-electron chi connectivity index (χ3n) is 4.53. The van der Waals surface area contributed by atoms with Gasteiger partial charge in [0.05, 0.1) is 24.0 Å². The molecule has 1 fully saturated rings. The van der Waals surface area contributed by atoms with Crippen molar-refractivity contribution in [3.8, 4) is 0 Å². The SMILES string of the molecule is Cc1ccc(S(=O)[C@]2(Cl)C[C@]2(C)COCc2ccc(F)cc2)cc1. The zero-order valence-corrected chi connectivity index (χ0v) is 15.3. The van der Waals surface area contributed by atoms with Gasteiger partial charge in [-0.15, -0.1) is 11.6 Å². The lowest BCUT2D eigenvalue weighted by molar-refractivity contribution is 0.0833. The predicted octanol–water partition coefficient (Wildman–Crippen LogP) is 4.80. The van der Waals surface area contributed by atoms with Gasteiger partial charge in [0.15, 0.2) is 0 Å². The monoisotopic (exact) mass is 366 g/mol. The van der Waals surface area contributed by atoms with Crippen molar-refractivity contribution >= 4 is 22.4 Å². The number of alkyl halides is 1. The van der Waals surface area contributed by atoms with Gasteiger partial charge in [0.1, 0.15) is 10.0 Å². The van der Waals surface area contributed by atoms with Gasteiger partial charge in [0, 0.05) is 10.3 Å². The van der Waals surface area contributed by atoms with E-state index in [1.165, 1.54) is 12.1 Å². The van der Waals surface area contributed by atoms with Gasteiger partial charge in [-0.3, -0.25) is 4.21 Å². The van der Waals surface area contributed by atoms with Crippen molar-refractivity contribution in [3.05, 3.63) is 65.5 Å². The first-order valence-electron chi connectivity index (χ1n) is 7.84. The van der Waals surface area contributed by atoms with Crippen molar-refractivity contribution < 1.29 is 13.3 Å². The number of hydrogen-bond acceptors (Lipinski definition) is 2. The largest absolute Gasteiger partial charge is 0.376 e. The first-order valence-corrected chi connectivity index (χ1v) is 9.36. The highest BCUT2D eigenvalue weighted by Gasteiger charge is 2.68. The van der Waals surface area contributed by atoms with Crippen molar-refractivity contribution in [1.82, 2.24) is 0 Å². The molecule has 0 aliphatic heterocycles. The summed E-state index contributed by atoms with van der Waals surface area (Å²) in [5.74, 6) is -0.263. The van der Waals surface area contributed by atoms with E-state index in [1.807, 2.05) is 38.1 Å². The van der Waals surface area contributed by atoms with E-state index in [-0.39, 0.29) is 11.2 Å². The molecular formula is C19H20ClFO2S. The summed E-state index contributed by atoms with van der Waals surface area (Å²) in [7, 11) is -1.28. The van der Waals surface area contributed by atoms with E-state index < -0.39 is 15.0 Å². The van der Waals surface area contributed by atoms with Crippen LogP contribution in [0, 0.1) is 18.2 Å². The molecule has 2 aromatic rings. The van der Waals surface area contributed by atoms with Crippen LogP contribution in [0.5, 0.6) is 0 Å². The second kappa shape index (κ2) is 6.58. The molecule has 128 valence electrons. The number of benzene rings is 2. The lowest BCUT2D eigenvalue weighted by atomic mass is 10.1. The molecule has 0 aromatic heterocycles. The van der Waals surface area contributed by atoms with Gasteiger partial charge in [-0.25, -0.2) is 4.39 Å². The molecule has 0 bridgehead atoms. The minimum atomic E-state index is -1.28. The maximum Gasteiger partial charge on any atom is 0.132 e. The standard InChI is InChI=1S/C19H20ClFO2S/c1-14-3-9-17(10-4-14)24(22)19(20)12-18(19,2)13-23-11-15-5-7-16(21)8-6-15/h3-10H,11-13H2,1-2H3/t18-,19-,24?/m1/s1. The van der Waals surface area contributed by atoms with Gasteiger partial charge in [-0.05, 0) is 43.2 Å². The summed E-state index contributed by atoms with van der Waals surface area (Å²) >= 11 is 6.65. The number of rotatable bonds is 6. The van der Waals surface area contributed by atoms with Crippen LogP contribution in [0.3, 0.4) is 0 Å². The summed E-state index contributed by atoms with van der Waals surface area (Å²) in [5.41, 5.74) is 1.70. The Morgan fingerprint density at radius 3 is 2.42 bits per heavy atom. The number of halogens is 2. The molecule has 0 amide bonds. The average Bonchev–Trinajstić information content (AvgIpc) is 3.12. The molecule has 1 aliphatic carbocycles. The minimum Gasteiger partial charge on any atom is -0.376 e. The average molecular weight is 367 g/mol. The van der Waals surface area contributed by atoms with Crippen molar-refractivity contribution in [3.63, 3.8) is 0 Å². The molecular weight excluding hydrogens is 347 g/mol. The fourth-order valence-corrected chi connectivity index (χ4v) is 5.06. The quantitative estimate of drug-likeness (QED) is 0.686. The highest BCUT2D eigenvalue weighted by molar-refractivity contribution is 7.88. The summed E-state index contributed by atoms with van der Waals surface area (Å²) in [6, 6.07) is 13.8. The maximum atomic E-state index is 12.9. The maximum absolute atomic E-state index is 12.9. The van der Waals surface area contributed by atoms with Crippen LogP contribution in [0.25, 0.3) is 0 Å². The second-order valence-corrected chi connectivity index (χ2v) is 9.24. The van der Waals surface area contributed by atoms with E-state index >= 15 is 0 Å². The predicted molar refractivity (Wildman–Crippen MR) is 95.0 cm³/mol. The number of aryl methyl sites for hydroxylation is 1. The minimum absolute atomic E-state index is 0.263.